The van der Waals surface area contributed by atoms with Crippen molar-refractivity contribution < 1.29 is 9.52 Å². The van der Waals surface area contributed by atoms with Gasteiger partial charge >= 0.3 is 0 Å². The molecular weight excluding hydrogens is 202 g/mol. The second-order valence-corrected chi connectivity index (χ2v) is 3.37. The van der Waals surface area contributed by atoms with Crippen molar-refractivity contribution in [1.82, 2.24) is 0 Å². The van der Waals surface area contributed by atoms with Gasteiger partial charge in [-0.25, -0.2) is 0 Å². The summed E-state index contributed by atoms with van der Waals surface area (Å²) >= 11 is 0. The Morgan fingerprint density at radius 1 is 1.50 bits per heavy atom. The number of rotatable bonds is 4. The maximum Gasteiger partial charge on any atom is 0.129 e. The molecule has 0 spiro atoms. The van der Waals surface area contributed by atoms with Crippen LogP contribution in [-0.4, -0.2) is 5.11 Å². The van der Waals surface area contributed by atoms with Gasteiger partial charge in [-0.3, -0.25) is 0 Å². The summed E-state index contributed by atoms with van der Waals surface area (Å²) in [5.74, 6) is 1.74. The van der Waals surface area contributed by atoms with E-state index in [0.717, 1.165) is 12.2 Å². The highest BCUT2D eigenvalue weighted by atomic mass is 35.5. The molecule has 0 aliphatic rings. The van der Waals surface area contributed by atoms with Crippen LogP contribution < -0.4 is 5.73 Å². The fraction of sp³-hybridized carbons (Fsp3) is 0.600. The Morgan fingerprint density at radius 2 is 2.14 bits per heavy atom. The molecular formula is C10H18ClNO2. The maximum atomic E-state index is 8.79. The fourth-order valence-corrected chi connectivity index (χ4v) is 1.19. The molecule has 0 fully saturated rings. The fourth-order valence-electron chi connectivity index (χ4n) is 1.19. The van der Waals surface area contributed by atoms with Crippen molar-refractivity contribution in [2.24, 2.45) is 11.7 Å². The van der Waals surface area contributed by atoms with Crippen molar-refractivity contribution in [3.8, 4) is 0 Å². The summed E-state index contributed by atoms with van der Waals surface area (Å²) in [5, 5.41) is 8.79. The van der Waals surface area contributed by atoms with Crippen molar-refractivity contribution in [2.45, 2.75) is 32.9 Å². The third kappa shape index (κ3) is 3.01. The smallest absolute Gasteiger partial charge is 0.129 e. The summed E-state index contributed by atoms with van der Waals surface area (Å²) < 4.78 is 5.34. The summed E-state index contributed by atoms with van der Waals surface area (Å²) in [6.07, 6.45) is 1.02. The van der Waals surface area contributed by atoms with E-state index < -0.39 is 0 Å². The largest absolute Gasteiger partial charge is 0.462 e. The predicted molar refractivity (Wildman–Crippen MR) is 58.3 cm³/mol. The Kier molecular flexibility index (Phi) is 5.84. The summed E-state index contributed by atoms with van der Waals surface area (Å²) in [5.41, 5.74) is 5.94. The standard InChI is InChI=1S/C10H17NO2.ClH/c1-3-7(2)10(11)9-5-4-8(6-12)13-9;/h4-5,7,10,12H,3,6,11H2,1-2H3;1H/t7?,10-;/m0./s1. The minimum atomic E-state index is -0.0645. The lowest BCUT2D eigenvalue weighted by Crippen LogP contribution is -2.17. The number of nitrogens with two attached hydrogens (primary N) is 1. The SMILES string of the molecule is CCC(C)[C@H](N)c1ccc(CO)o1.Cl. The van der Waals surface area contributed by atoms with Crippen LogP contribution in [0.1, 0.15) is 37.8 Å². The van der Waals surface area contributed by atoms with Crippen LogP contribution in [0.25, 0.3) is 0 Å². The Bertz CT molecular complexity index is 262. The molecule has 1 heterocycles. The van der Waals surface area contributed by atoms with Gasteiger partial charge in [0.05, 0.1) is 6.04 Å². The Morgan fingerprint density at radius 3 is 2.57 bits per heavy atom. The zero-order valence-corrected chi connectivity index (χ0v) is 9.38. The first kappa shape index (κ1) is 13.5. The van der Waals surface area contributed by atoms with Gasteiger partial charge < -0.3 is 15.3 Å². The minimum absolute atomic E-state index is 0. The zero-order valence-electron chi connectivity index (χ0n) is 8.56. The van der Waals surface area contributed by atoms with Gasteiger partial charge in [-0.05, 0) is 18.1 Å². The lowest BCUT2D eigenvalue weighted by Gasteiger charge is -2.15. The summed E-state index contributed by atoms with van der Waals surface area (Å²) in [6, 6.07) is 3.53. The average molecular weight is 220 g/mol. The van der Waals surface area contributed by atoms with Gasteiger partial charge in [-0.1, -0.05) is 20.3 Å². The number of aliphatic hydroxyl groups excluding tert-OH is 1. The van der Waals surface area contributed by atoms with Gasteiger partial charge in [0.25, 0.3) is 0 Å². The number of aliphatic hydroxyl groups is 1. The summed E-state index contributed by atoms with van der Waals surface area (Å²) in [6.45, 7) is 4.12. The molecule has 0 saturated carbocycles. The normalized spacial score (nSPS) is 14.6. The highest BCUT2D eigenvalue weighted by molar-refractivity contribution is 5.85. The molecule has 0 radical (unpaired) electrons. The van der Waals surface area contributed by atoms with Crippen molar-refractivity contribution in [2.75, 3.05) is 0 Å². The van der Waals surface area contributed by atoms with Gasteiger partial charge in [0, 0.05) is 0 Å². The molecule has 1 unspecified atom stereocenters. The van der Waals surface area contributed by atoms with Crippen LogP contribution in [0.3, 0.4) is 0 Å². The highest BCUT2D eigenvalue weighted by Gasteiger charge is 2.16. The Balaban J connectivity index is 0.00000169. The Labute approximate surface area is 90.7 Å². The van der Waals surface area contributed by atoms with E-state index in [-0.39, 0.29) is 25.1 Å². The predicted octanol–water partition coefficient (Wildman–Crippen LogP) is 2.24. The summed E-state index contributed by atoms with van der Waals surface area (Å²) in [7, 11) is 0. The number of halogens is 1. The second-order valence-electron chi connectivity index (χ2n) is 3.37. The molecule has 0 amide bonds. The molecule has 82 valence electrons. The van der Waals surface area contributed by atoms with Gasteiger partial charge in [0.1, 0.15) is 18.1 Å². The minimum Gasteiger partial charge on any atom is -0.462 e. The third-order valence-corrected chi connectivity index (χ3v) is 2.42. The Hall–Kier alpha value is -0.510. The van der Waals surface area contributed by atoms with E-state index in [9.17, 15) is 0 Å². The van der Waals surface area contributed by atoms with Crippen molar-refractivity contribution in [3.63, 3.8) is 0 Å². The molecule has 0 aliphatic heterocycles. The monoisotopic (exact) mass is 219 g/mol. The molecule has 1 aromatic heterocycles. The van der Waals surface area contributed by atoms with Gasteiger partial charge in [0.2, 0.25) is 0 Å². The highest BCUT2D eigenvalue weighted by Crippen LogP contribution is 2.23. The van der Waals surface area contributed by atoms with E-state index in [0.29, 0.717) is 11.7 Å². The van der Waals surface area contributed by atoms with E-state index in [2.05, 4.69) is 13.8 Å². The van der Waals surface area contributed by atoms with E-state index in [1.54, 1.807) is 6.07 Å². The molecule has 3 nitrogen and oxygen atoms in total. The van der Waals surface area contributed by atoms with Crippen LogP contribution in [-0.2, 0) is 6.61 Å². The molecule has 2 atom stereocenters. The molecule has 0 aliphatic carbocycles. The summed E-state index contributed by atoms with van der Waals surface area (Å²) in [4.78, 5) is 0. The van der Waals surface area contributed by atoms with Crippen molar-refractivity contribution in [1.29, 1.82) is 0 Å². The van der Waals surface area contributed by atoms with Crippen molar-refractivity contribution in [3.05, 3.63) is 23.7 Å². The molecule has 0 bridgehead atoms. The average Bonchev–Trinajstić information content (AvgIpc) is 2.63. The zero-order chi connectivity index (χ0) is 9.84. The van der Waals surface area contributed by atoms with E-state index >= 15 is 0 Å². The molecule has 1 aromatic rings. The topological polar surface area (TPSA) is 59.4 Å². The van der Waals surface area contributed by atoms with E-state index in [1.165, 1.54) is 0 Å². The van der Waals surface area contributed by atoms with E-state index in [1.807, 2.05) is 6.07 Å². The van der Waals surface area contributed by atoms with E-state index in [4.69, 9.17) is 15.3 Å². The van der Waals surface area contributed by atoms with Gasteiger partial charge in [-0.15, -0.1) is 12.4 Å². The lowest BCUT2D eigenvalue weighted by molar-refractivity contribution is 0.238. The maximum absolute atomic E-state index is 8.79. The molecule has 0 saturated heterocycles. The number of hydrogen-bond donors (Lipinski definition) is 2. The first-order chi connectivity index (χ1) is 6.19. The van der Waals surface area contributed by atoms with Crippen LogP contribution >= 0.6 is 12.4 Å². The van der Waals surface area contributed by atoms with Crippen LogP contribution in [0.2, 0.25) is 0 Å². The third-order valence-electron chi connectivity index (χ3n) is 2.42. The van der Waals surface area contributed by atoms with Crippen molar-refractivity contribution >= 4 is 12.4 Å². The molecule has 0 aromatic carbocycles. The molecule has 4 heteroatoms. The number of hydrogen-bond acceptors (Lipinski definition) is 3. The quantitative estimate of drug-likeness (QED) is 0.817. The molecule has 14 heavy (non-hydrogen) atoms. The first-order valence-electron chi connectivity index (χ1n) is 4.64. The lowest BCUT2D eigenvalue weighted by atomic mass is 9.98. The first-order valence-corrected chi connectivity index (χ1v) is 4.64. The van der Waals surface area contributed by atoms with Gasteiger partial charge in [-0.2, -0.15) is 0 Å². The van der Waals surface area contributed by atoms with Crippen LogP contribution in [0, 0.1) is 5.92 Å². The van der Waals surface area contributed by atoms with Crippen LogP contribution in [0.4, 0.5) is 0 Å². The van der Waals surface area contributed by atoms with Crippen LogP contribution in [0.15, 0.2) is 16.5 Å². The molecule has 1 rings (SSSR count). The number of furan rings is 1. The molecule has 3 N–H and O–H groups in total. The van der Waals surface area contributed by atoms with Gasteiger partial charge in [0.15, 0.2) is 0 Å². The van der Waals surface area contributed by atoms with Crippen LogP contribution in [0.5, 0.6) is 0 Å². The second kappa shape index (κ2) is 6.06.